The predicted molar refractivity (Wildman–Crippen MR) is 87.8 cm³/mol. The molecule has 0 aromatic carbocycles. The summed E-state index contributed by atoms with van der Waals surface area (Å²) in [6, 6.07) is 0. The molecule has 0 saturated carbocycles. The normalized spacial score (nSPS) is 21.8. The van der Waals surface area contributed by atoms with E-state index < -0.39 is 5.60 Å². The van der Waals surface area contributed by atoms with Gasteiger partial charge >= 0.3 is 0 Å². The standard InChI is InChI=1S/C16H32O9/c17-1-3-22-13-16(25-4-2-18)14-23-11-9-20-7-5-19-6-8-21-10-12-24-15-16/h17-18H,1-15H2. The van der Waals surface area contributed by atoms with E-state index in [4.69, 9.17) is 43.4 Å². The van der Waals surface area contributed by atoms with Crippen molar-refractivity contribution in [1.29, 1.82) is 0 Å². The highest BCUT2D eigenvalue weighted by atomic mass is 16.6. The summed E-state index contributed by atoms with van der Waals surface area (Å²) in [5, 5.41) is 18.0. The molecule has 0 aromatic rings. The minimum Gasteiger partial charge on any atom is -0.394 e. The van der Waals surface area contributed by atoms with Gasteiger partial charge in [0, 0.05) is 0 Å². The fourth-order valence-corrected chi connectivity index (χ4v) is 2.13. The van der Waals surface area contributed by atoms with Crippen LogP contribution in [0.1, 0.15) is 0 Å². The van der Waals surface area contributed by atoms with Gasteiger partial charge in [0.1, 0.15) is 5.60 Å². The van der Waals surface area contributed by atoms with Crippen LogP contribution in [-0.4, -0.2) is 115 Å². The molecule has 1 aliphatic rings. The second-order valence-electron chi connectivity index (χ2n) is 5.47. The number of ether oxygens (including phenoxy) is 7. The van der Waals surface area contributed by atoms with Crippen molar-refractivity contribution in [3.63, 3.8) is 0 Å². The van der Waals surface area contributed by atoms with Crippen LogP contribution in [0.25, 0.3) is 0 Å². The molecule has 0 amide bonds. The second-order valence-corrected chi connectivity index (χ2v) is 5.47. The van der Waals surface area contributed by atoms with E-state index in [1.807, 2.05) is 0 Å². The van der Waals surface area contributed by atoms with Crippen molar-refractivity contribution >= 4 is 0 Å². The van der Waals surface area contributed by atoms with Gasteiger partial charge < -0.3 is 43.4 Å². The van der Waals surface area contributed by atoms with Crippen LogP contribution in [0.15, 0.2) is 0 Å². The molecule has 0 aliphatic carbocycles. The van der Waals surface area contributed by atoms with E-state index in [9.17, 15) is 0 Å². The first kappa shape index (κ1) is 22.7. The van der Waals surface area contributed by atoms with Gasteiger partial charge in [0.15, 0.2) is 0 Å². The van der Waals surface area contributed by atoms with Gasteiger partial charge in [0.25, 0.3) is 0 Å². The van der Waals surface area contributed by atoms with Gasteiger partial charge in [-0.15, -0.1) is 0 Å². The van der Waals surface area contributed by atoms with Crippen LogP contribution in [0.5, 0.6) is 0 Å². The molecule has 9 nitrogen and oxygen atoms in total. The second kappa shape index (κ2) is 15.9. The van der Waals surface area contributed by atoms with Crippen molar-refractivity contribution in [1.82, 2.24) is 0 Å². The van der Waals surface area contributed by atoms with E-state index >= 15 is 0 Å². The van der Waals surface area contributed by atoms with Gasteiger partial charge in [-0.05, 0) is 0 Å². The molecule has 1 heterocycles. The van der Waals surface area contributed by atoms with E-state index in [0.29, 0.717) is 52.9 Å². The minimum absolute atomic E-state index is 0.0818. The molecule has 0 radical (unpaired) electrons. The lowest BCUT2D eigenvalue weighted by atomic mass is 10.1. The summed E-state index contributed by atoms with van der Waals surface area (Å²) in [7, 11) is 0. The Kier molecular flexibility index (Phi) is 14.4. The van der Waals surface area contributed by atoms with E-state index in [-0.39, 0.29) is 46.2 Å². The average Bonchev–Trinajstić information content (AvgIpc) is 2.62. The number of aliphatic hydroxyl groups is 2. The maximum atomic E-state index is 9.08. The number of hydrogen-bond acceptors (Lipinski definition) is 9. The first-order chi connectivity index (χ1) is 12.3. The lowest BCUT2D eigenvalue weighted by molar-refractivity contribution is -0.176. The average molecular weight is 368 g/mol. The Balaban J connectivity index is 2.55. The summed E-state index contributed by atoms with van der Waals surface area (Å²) in [5.41, 5.74) is -0.863. The van der Waals surface area contributed by atoms with Crippen molar-refractivity contribution < 1.29 is 43.4 Å². The van der Waals surface area contributed by atoms with E-state index in [1.54, 1.807) is 0 Å². The quantitative estimate of drug-likeness (QED) is 0.538. The molecule has 0 spiro atoms. The zero-order valence-corrected chi connectivity index (χ0v) is 14.9. The Hall–Kier alpha value is -0.360. The SMILES string of the molecule is OCCOCC1(OCCO)COCCOCCOCCOCCOC1. The van der Waals surface area contributed by atoms with Gasteiger partial charge in [0.2, 0.25) is 0 Å². The maximum Gasteiger partial charge on any atom is 0.138 e. The smallest absolute Gasteiger partial charge is 0.138 e. The first-order valence-electron chi connectivity index (χ1n) is 8.65. The van der Waals surface area contributed by atoms with Gasteiger partial charge in [0.05, 0.1) is 99.1 Å². The third-order valence-electron chi connectivity index (χ3n) is 3.32. The van der Waals surface area contributed by atoms with Crippen LogP contribution in [0, 0.1) is 0 Å². The zero-order valence-electron chi connectivity index (χ0n) is 14.9. The lowest BCUT2D eigenvalue weighted by Gasteiger charge is -2.33. The molecule has 2 N–H and O–H groups in total. The van der Waals surface area contributed by atoms with Crippen LogP contribution in [-0.2, 0) is 33.2 Å². The third kappa shape index (κ3) is 11.8. The van der Waals surface area contributed by atoms with E-state index in [1.165, 1.54) is 0 Å². The molecule has 1 fully saturated rings. The Bertz CT molecular complexity index is 275. The fraction of sp³-hybridized carbons (Fsp3) is 1.00. The Labute approximate surface area is 149 Å². The van der Waals surface area contributed by atoms with Crippen LogP contribution in [0.4, 0.5) is 0 Å². The monoisotopic (exact) mass is 368 g/mol. The Morgan fingerprint density at radius 1 is 0.640 bits per heavy atom. The molecular formula is C16H32O9. The summed E-state index contributed by atoms with van der Waals surface area (Å²) in [6.45, 7) is 4.45. The molecule has 1 aliphatic heterocycles. The highest BCUT2D eigenvalue weighted by Crippen LogP contribution is 2.14. The molecule has 0 aromatic heterocycles. The summed E-state index contributed by atoms with van der Waals surface area (Å²) < 4.78 is 38.7. The highest BCUT2D eigenvalue weighted by molar-refractivity contribution is 4.81. The molecule has 25 heavy (non-hydrogen) atoms. The number of hydrogen-bond donors (Lipinski definition) is 2. The van der Waals surface area contributed by atoms with Crippen molar-refractivity contribution in [3.05, 3.63) is 0 Å². The van der Waals surface area contributed by atoms with Crippen LogP contribution in [0.2, 0.25) is 0 Å². The van der Waals surface area contributed by atoms with Crippen molar-refractivity contribution in [2.45, 2.75) is 5.60 Å². The molecule has 1 saturated heterocycles. The molecule has 0 bridgehead atoms. The number of aliphatic hydroxyl groups excluding tert-OH is 2. The summed E-state index contributed by atoms with van der Waals surface area (Å²) in [5.74, 6) is 0. The molecular weight excluding hydrogens is 336 g/mol. The maximum absolute atomic E-state index is 9.08. The molecule has 0 atom stereocenters. The van der Waals surface area contributed by atoms with Gasteiger partial charge in [-0.25, -0.2) is 0 Å². The topological polar surface area (TPSA) is 105 Å². The Morgan fingerprint density at radius 3 is 1.52 bits per heavy atom. The van der Waals surface area contributed by atoms with Gasteiger partial charge in [-0.3, -0.25) is 0 Å². The summed E-state index contributed by atoms with van der Waals surface area (Å²) >= 11 is 0. The largest absolute Gasteiger partial charge is 0.394 e. The zero-order chi connectivity index (χ0) is 18.1. The summed E-state index contributed by atoms with van der Waals surface area (Å²) in [4.78, 5) is 0. The van der Waals surface area contributed by atoms with E-state index in [0.717, 1.165) is 0 Å². The summed E-state index contributed by atoms with van der Waals surface area (Å²) in [6.07, 6.45) is 0. The van der Waals surface area contributed by atoms with Crippen molar-refractivity contribution in [2.24, 2.45) is 0 Å². The van der Waals surface area contributed by atoms with Crippen molar-refractivity contribution in [3.8, 4) is 0 Å². The predicted octanol–water partition coefficient (Wildman–Crippen LogP) is -1.16. The molecule has 150 valence electrons. The van der Waals surface area contributed by atoms with Crippen LogP contribution < -0.4 is 0 Å². The minimum atomic E-state index is -0.863. The van der Waals surface area contributed by atoms with Crippen LogP contribution in [0.3, 0.4) is 0 Å². The molecule has 9 heteroatoms. The first-order valence-corrected chi connectivity index (χ1v) is 8.65. The lowest BCUT2D eigenvalue weighted by Crippen LogP contribution is -2.48. The van der Waals surface area contributed by atoms with Gasteiger partial charge in [-0.2, -0.15) is 0 Å². The fourth-order valence-electron chi connectivity index (χ4n) is 2.13. The Morgan fingerprint density at radius 2 is 1.08 bits per heavy atom. The third-order valence-corrected chi connectivity index (χ3v) is 3.32. The van der Waals surface area contributed by atoms with Crippen LogP contribution >= 0.6 is 0 Å². The number of rotatable bonds is 7. The molecule has 0 unspecified atom stereocenters. The molecule has 1 rings (SSSR count). The van der Waals surface area contributed by atoms with Gasteiger partial charge in [-0.1, -0.05) is 0 Å². The van der Waals surface area contributed by atoms with E-state index in [2.05, 4.69) is 0 Å². The highest BCUT2D eigenvalue weighted by Gasteiger charge is 2.33. The van der Waals surface area contributed by atoms with Crippen molar-refractivity contribution in [2.75, 3.05) is 99.1 Å².